The Labute approximate surface area is 108 Å². The van der Waals surface area contributed by atoms with Gasteiger partial charge in [0.05, 0.1) is 17.4 Å². The fraction of sp³-hybridized carbons (Fsp3) is 0.846. The monoisotopic (exact) mass is 257 g/mol. The Hall–Kier alpha value is -1.10. The fourth-order valence-electron chi connectivity index (χ4n) is 2.12. The number of carboxylic acids is 1. The Morgan fingerprint density at radius 3 is 2.61 bits per heavy atom. The van der Waals surface area contributed by atoms with Crippen molar-refractivity contribution in [2.45, 2.75) is 46.1 Å². The average Bonchev–Trinajstić information content (AvgIpc) is 2.83. The molecule has 0 aromatic heterocycles. The Morgan fingerprint density at radius 2 is 2.11 bits per heavy atom. The number of carbonyl (C=O) groups excluding carboxylic acids is 1. The van der Waals surface area contributed by atoms with Crippen molar-refractivity contribution in [2.75, 3.05) is 13.2 Å². The van der Waals surface area contributed by atoms with Crippen LogP contribution in [0.2, 0.25) is 0 Å². The highest BCUT2D eigenvalue weighted by Gasteiger charge is 2.36. The normalized spacial score (nSPS) is 26.6. The van der Waals surface area contributed by atoms with Gasteiger partial charge in [-0.3, -0.25) is 9.59 Å². The van der Waals surface area contributed by atoms with Crippen LogP contribution in [0.1, 0.15) is 40.0 Å². The molecule has 1 rings (SSSR count). The van der Waals surface area contributed by atoms with Crippen molar-refractivity contribution < 1.29 is 19.4 Å². The highest BCUT2D eigenvalue weighted by molar-refractivity contribution is 5.81. The molecule has 3 atom stereocenters. The summed E-state index contributed by atoms with van der Waals surface area (Å²) in [6.45, 7) is 6.24. The van der Waals surface area contributed by atoms with Crippen LogP contribution in [0.15, 0.2) is 0 Å². The van der Waals surface area contributed by atoms with Gasteiger partial charge in [0, 0.05) is 13.2 Å². The minimum Gasteiger partial charge on any atom is -0.481 e. The summed E-state index contributed by atoms with van der Waals surface area (Å²) in [5.41, 5.74) is -0.892. The first-order valence-corrected chi connectivity index (χ1v) is 6.57. The SMILES string of the molecule is CCC1OCCC1C(=O)NCC(C)(CC)C(=O)O. The molecule has 3 unspecified atom stereocenters. The summed E-state index contributed by atoms with van der Waals surface area (Å²) >= 11 is 0. The maximum Gasteiger partial charge on any atom is 0.311 e. The Balaban J connectivity index is 2.53. The van der Waals surface area contributed by atoms with Crippen LogP contribution >= 0.6 is 0 Å². The van der Waals surface area contributed by atoms with Crippen LogP contribution in [0.5, 0.6) is 0 Å². The highest BCUT2D eigenvalue weighted by atomic mass is 16.5. The topological polar surface area (TPSA) is 75.6 Å². The maximum absolute atomic E-state index is 12.0. The van der Waals surface area contributed by atoms with Gasteiger partial charge in [-0.25, -0.2) is 0 Å². The predicted molar refractivity (Wildman–Crippen MR) is 67.2 cm³/mol. The minimum absolute atomic E-state index is 0.0253. The smallest absolute Gasteiger partial charge is 0.311 e. The van der Waals surface area contributed by atoms with Gasteiger partial charge in [-0.1, -0.05) is 13.8 Å². The molecule has 0 bridgehead atoms. The van der Waals surface area contributed by atoms with Gasteiger partial charge in [-0.15, -0.1) is 0 Å². The summed E-state index contributed by atoms with van der Waals surface area (Å²) in [6.07, 6.45) is 1.99. The van der Waals surface area contributed by atoms with E-state index in [9.17, 15) is 9.59 Å². The van der Waals surface area contributed by atoms with E-state index >= 15 is 0 Å². The Kier molecular flexibility index (Phi) is 5.14. The Bertz CT molecular complexity index is 318. The number of nitrogens with one attached hydrogen (secondary N) is 1. The van der Waals surface area contributed by atoms with E-state index in [0.717, 1.165) is 12.8 Å². The first kappa shape index (κ1) is 15.0. The van der Waals surface area contributed by atoms with E-state index in [0.29, 0.717) is 13.0 Å². The highest BCUT2D eigenvalue weighted by Crippen LogP contribution is 2.25. The van der Waals surface area contributed by atoms with Crippen LogP contribution in [0.25, 0.3) is 0 Å². The van der Waals surface area contributed by atoms with Gasteiger partial charge in [0.2, 0.25) is 5.91 Å². The number of hydrogen-bond donors (Lipinski definition) is 2. The third-order valence-corrected chi connectivity index (χ3v) is 3.90. The summed E-state index contributed by atoms with van der Waals surface area (Å²) in [4.78, 5) is 23.1. The van der Waals surface area contributed by atoms with Crippen molar-refractivity contribution in [1.29, 1.82) is 0 Å². The van der Waals surface area contributed by atoms with Gasteiger partial charge in [-0.2, -0.15) is 0 Å². The lowest BCUT2D eigenvalue weighted by Gasteiger charge is -2.25. The molecule has 104 valence electrons. The molecule has 18 heavy (non-hydrogen) atoms. The van der Waals surface area contributed by atoms with Gasteiger partial charge < -0.3 is 15.2 Å². The van der Waals surface area contributed by atoms with Crippen LogP contribution in [-0.2, 0) is 14.3 Å². The molecule has 0 aromatic rings. The lowest BCUT2D eigenvalue weighted by molar-refractivity contribution is -0.148. The first-order chi connectivity index (χ1) is 8.44. The minimum atomic E-state index is -0.892. The summed E-state index contributed by atoms with van der Waals surface area (Å²) in [7, 11) is 0. The number of hydrogen-bond acceptors (Lipinski definition) is 3. The predicted octanol–water partition coefficient (Wildman–Crippen LogP) is 1.42. The standard InChI is InChI=1S/C13H23NO4/c1-4-10-9(6-7-18-10)11(15)14-8-13(3,5-2)12(16)17/h9-10H,4-8H2,1-3H3,(H,14,15)(H,16,17). The van der Waals surface area contributed by atoms with Crippen LogP contribution in [0.3, 0.4) is 0 Å². The molecule has 1 amide bonds. The van der Waals surface area contributed by atoms with Gasteiger partial charge in [0.25, 0.3) is 0 Å². The maximum atomic E-state index is 12.0. The zero-order valence-electron chi connectivity index (χ0n) is 11.4. The first-order valence-electron chi connectivity index (χ1n) is 6.57. The van der Waals surface area contributed by atoms with Crippen LogP contribution in [0, 0.1) is 11.3 Å². The fourth-order valence-corrected chi connectivity index (χ4v) is 2.12. The molecule has 0 aliphatic carbocycles. The van der Waals surface area contributed by atoms with Crippen molar-refractivity contribution in [1.82, 2.24) is 5.32 Å². The zero-order chi connectivity index (χ0) is 13.8. The molecule has 1 fully saturated rings. The second-order valence-corrected chi connectivity index (χ2v) is 5.15. The lowest BCUT2D eigenvalue weighted by atomic mass is 9.87. The van der Waals surface area contributed by atoms with E-state index in [4.69, 9.17) is 9.84 Å². The van der Waals surface area contributed by atoms with E-state index in [2.05, 4.69) is 5.32 Å². The number of rotatable bonds is 6. The molecule has 5 nitrogen and oxygen atoms in total. The molecule has 1 heterocycles. The molecule has 1 saturated heterocycles. The van der Waals surface area contributed by atoms with Gasteiger partial charge in [0.15, 0.2) is 0 Å². The Morgan fingerprint density at radius 1 is 1.44 bits per heavy atom. The number of amides is 1. The zero-order valence-corrected chi connectivity index (χ0v) is 11.4. The molecule has 0 aromatic carbocycles. The van der Waals surface area contributed by atoms with E-state index in [1.807, 2.05) is 13.8 Å². The summed E-state index contributed by atoms with van der Waals surface area (Å²) in [5, 5.41) is 11.9. The molecule has 1 aliphatic heterocycles. The van der Waals surface area contributed by atoms with E-state index in [-0.39, 0.29) is 24.5 Å². The summed E-state index contributed by atoms with van der Waals surface area (Å²) in [5.74, 6) is -1.09. The van der Waals surface area contributed by atoms with Crippen LogP contribution in [-0.4, -0.2) is 36.2 Å². The summed E-state index contributed by atoms with van der Waals surface area (Å²) in [6, 6.07) is 0. The number of aliphatic carboxylic acids is 1. The van der Waals surface area contributed by atoms with Crippen molar-refractivity contribution in [2.24, 2.45) is 11.3 Å². The molecule has 1 aliphatic rings. The largest absolute Gasteiger partial charge is 0.481 e. The van der Waals surface area contributed by atoms with Gasteiger partial charge in [0.1, 0.15) is 0 Å². The molecule has 0 radical (unpaired) electrons. The third kappa shape index (κ3) is 3.22. The van der Waals surface area contributed by atoms with Gasteiger partial charge in [-0.05, 0) is 26.2 Å². The summed E-state index contributed by atoms with van der Waals surface area (Å²) < 4.78 is 5.46. The van der Waals surface area contributed by atoms with E-state index in [1.54, 1.807) is 6.92 Å². The average molecular weight is 257 g/mol. The van der Waals surface area contributed by atoms with E-state index < -0.39 is 11.4 Å². The second-order valence-electron chi connectivity index (χ2n) is 5.15. The number of carboxylic acid groups (broad SMARTS) is 1. The van der Waals surface area contributed by atoms with Crippen molar-refractivity contribution in [3.8, 4) is 0 Å². The molecular formula is C13H23NO4. The molecule has 5 heteroatoms. The molecular weight excluding hydrogens is 234 g/mol. The van der Waals surface area contributed by atoms with Crippen molar-refractivity contribution in [3.63, 3.8) is 0 Å². The molecule has 0 saturated carbocycles. The molecule has 0 spiro atoms. The third-order valence-electron chi connectivity index (χ3n) is 3.90. The van der Waals surface area contributed by atoms with Crippen LogP contribution < -0.4 is 5.32 Å². The van der Waals surface area contributed by atoms with Crippen molar-refractivity contribution >= 4 is 11.9 Å². The van der Waals surface area contributed by atoms with Gasteiger partial charge >= 0.3 is 5.97 Å². The quantitative estimate of drug-likeness (QED) is 0.754. The van der Waals surface area contributed by atoms with Crippen LogP contribution in [0.4, 0.5) is 0 Å². The number of ether oxygens (including phenoxy) is 1. The lowest BCUT2D eigenvalue weighted by Crippen LogP contribution is -2.44. The van der Waals surface area contributed by atoms with Crippen molar-refractivity contribution in [3.05, 3.63) is 0 Å². The van der Waals surface area contributed by atoms with E-state index in [1.165, 1.54) is 0 Å². The second kappa shape index (κ2) is 6.18. The number of carbonyl (C=O) groups is 2. The molecule has 2 N–H and O–H groups in total.